The average molecular weight is 318 g/mol. The summed E-state index contributed by atoms with van der Waals surface area (Å²) in [5.74, 6) is -0.468. The van der Waals surface area contributed by atoms with Gasteiger partial charge in [-0.3, -0.25) is 4.79 Å². The van der Waals surface area contributed by atoms with Crippen LogP contribution in [0.5, 0.6) is 0 Å². The van der Waals surface area contributed by atoms with E-state index in [1.807, 2.05) is 0 Å². The summed E-state index contributed by atoms with van der Waals surface area (Å²) in [5, 5.41) is 23.0. The molecule has 1 atom stereocenters. The largest absolute Gasteiger partial charge is 0.393 e. The van der Waals surface area contributed by atoms with Crippen molar-refractivity contribution in [2.24, 2.45) is 0 Å². The van der Waals surface area contributed by atoms with Gasteiger partial charge in [0.05, 0.1) is 6.10 Å². The van der Waals surface area contributed by atoms with E-state index in [2.05, 4.69) is 5.32 Å². The highest BCUT2D eigenvalue weighted by Gasteiger charge is 2.24. The van der Waals surface area contributed by atoms with Gasteiger partial charge in [0.1, 0.15) is 0 Å². The van der Waals surface area contributed by atoms with Crippen molar-refractivity contribution in [3.63, 3.8) is 0 Å². The molecule has 4 nitrogen and oxygen atoms in total. The maximum Gasteiger partial charge on any atom is 0.253 e. The van der Waals surface area contributed by atoms with Crippen molar-refractivity contribution in [2.75, 3.05) is 0 Å². The number of carbonyl (C=O) groups excluding carboxylic acids is 1. The Kier molecular flexibility index (Phi) is 5.27. The minimum atomic E-state index is -1.29. The van der Waals surface area contributed by atoms with Gasteiger partial charge in [-0.1, -0.05) is 23.2 Å². The first-order chi connectivity index (χ1) is 9.45. The Hall–Kier alpha value is -0.810. The molecule has 1 unspecified atom stereocenters. The van der Waals surface area contributed by atoms with E-state index in [9.17, 15) is 15.0 Å². The minimum Gasteiger partial charge on any atom is -0.393 e. The molecule has 1 saturated carbocycles. The van der Waals surface area contributed by atoms with Gasteiger partial charge < -0.3 is 15.5 Å². The second-order valence-electron chi connectivity index (χ2n) is 5.12. The molecule has 20 heavy (non-hydrogen) atoms. The molecule has 1 aromatic rings. The molecule has 3 N–H and O–H groups in total. The summed E-state index contributed by atoms with van der Waals surface area (Å²) in [7, 11) is 0. The average Bonchev–Trinajstić information content (AvgIpc) is 2.39. The number of benzene rings is 1. The standard InChI is InChI=1S/C14H17Cl2NO3/c15-9-5-8(6-10(16)7-9)13(19)14(20)17-11-1-3-12(18)4-2-11/h5-7,11-13,18-19H,1-4H2,(H,17,20). The number of rotatable bonds is 3. The van der Waals surface area contributed by atoms with Crippen LogP contribution < -0.4 is 5.32 Å². The summed E-state index contributed by atoms with van der Waals surface area (Å²) in [6, 6.07) is 4.57. The van der Waals surface area contributed by atoms with E-state index in [4.69, 9.17) is 23.2 Å². The lowest BCUT2D eigenvalue weighted by molar-refractivity contribution is -0.130. The van der Waals surface area contributed by atoms with Gasteiger partial charge in [0.15, 0.2) is 6.10 Å². The first-order valence-electron chi connectivity index (χ1n) is 6.58. The van der Waals surface area contributed by atoms with Gasteiger partial charge in [0.25, 0.3) is 5.91 Å². The van der Waals surface area contributed by atoms with Crippen molar-refractivity contribution in [3.05, 3.63) is 33.8 Å². The molecule has 2 rings (SSSR count). The Labute approximate surface area is 127 Å². The van der Waals surface area contributed by atoms with E-state index in [-0.39, 0.29) is 12.1 Å². The SMILES string of the molecule is O=C(NC1CCC(O)CC1)C(O)c1cc(Cl)cc(Cl)c1. The van der Waals surface area contributed by atoms with Crippen LogP contribution in [0.1, 0.15) is 37.4 Å². The Morgan fingerprint density at radius 1 is 1.15 bits per heavy atom. The third-order valence-electron chi connectivity index (χ3n) is 3.49. The van der Waals surface area contributed by atoms with Crippen LogP contribution in [0.25, 0.3) is 0 Å². The number of amides is 1. The summed E-state index contributed by atoms with van der Waals surface area (Å²) in [6.45, 7) is 0. The van der Waals surface area contributed by atoms with Crippen LogP contribution in [0, 0.1) is 0 Å². The maximum atomic E-state index is 12.0. The summed E-state index contributed by atoms with van der Waals surface area (Å²) >= 11 is 11.7. The molecular formula is C14H17Cl2NO3. The number of hydrogen-bond donors (Lipinski definition) is 3. The summed E-state index contributed by atoms with van der Waals surface area (Å²) in [6.07, 6.45) is 1.21. The van der Waals surface area contributed by atoms with Crippen LogP contribution in [0.4, 0.5) is 0 Å². The predicted octanol–water partition coefficient (Wildman–Crippen LogP) is 2.45. The van der Waals surface area contributed by atoms with Crippen molar-refractivity contribution in [1.82, 2.24) is 5.32 Å². The summed E-state index contributed by atoms with van der Waals surface area (Å²) < 4.78 is 0. The van der Waals surface area contributed by atoms with E-state index in [1.165, 1.54) is 12.1 Å². The van der Waals surface area contributed by atoms with Crippen LogP contribution in [-0.4, -0.2) is 28.3 Å². The molecule has 0 saturated heterocycles. The zero-order valence-electron chi connectivity index (χ0n) is 10.9. The van der Waals surface area contributed by atoms with E-state index in [0.717, 1.165) is 12.8 Å². The Balaban J connectivity index is 1.98. The highest BCUT2D eigenvalue weighted by Crippen LogP contribution is 2.24. The third-order valence-corrected chi connectivity index (χ3v) is 3.93. The highest BCUT2D eigenvalue weighted by atomic mass is 35.5. The first-order valence-corrected chi connectivity index (χ1v) is 7.34. The zero-order chi connectivity index (χ0) is 14.7. The quantitative estimate of drug-likeness (QED) is 0.802. The molecule has 1 aromatic carbocycles. The molecule has 0 radical (unpaired) electrons. The van der Waals surface area contributed by atoms with Gasteiger partial charge in [-0.2, -0.15) is 0 Å². The van der Waals surface area contributed by atoms with Gasteiger partial charge >= 0.3 is 0 Å². The van der Waals surface area contributed by atoms with Crippen LogP contribution in [0.15, 0.2) is 18.2 Å². The van der Waals surface area contributed by atoms with Crippen molar-refractivity contribution < 1.29 is 15.0 Å². The maximum absolute atomic E-state index is 12.0. The van der Waals surface area contributed by atoms with Gasteiger partial charge in [-0.15, -0.1) is 0 Å². The van der Waals surface area contributed by atoms with Gasteiger partial charge in [-0.25, -0.2) is 0 Å². The Bertz CT molecular complexity index is 467. The molecule has 0 aliphatic heterocycles. The number of aliphatic hydroxyl groups excluding tert-OH is 2. The number of halogens is 2. The molecule has 0 aromatic heterocycles. The van der Waals surface area contributed by atoms with Crippen LogP contribution in [0.3, 0.4) is 0 Å². The monoisotopic (exact) mass is 317 g/mol. The fraction of sp³-hybridized carbons (Fsp3) is 0.500. The van der Waals surface area contributed by atoms with Crippen LogP contribution in [0.2, 0.25) is 10.0 Å². The third kappa shape index (κ3) is 4.09. The molecule has 1 amide bonds. The van der Waals surface area contributed by atoms with Crippen molar-refractivity contribution in [2.45, 2.75) is 43.9 Å². The van der Waals surface area contributed by atoms with Gasteiger partial charge in [-0.05, 0) is 49.4 Å². The fourth-order valence-electron chi connectivity index (χ4n) is 2.38. The van der Waals surface area contributed by atoms with Crippen LogP contribution in [-0.2, 0) is 4.79 Å². The highest BCUT2D eigenvalue weighted by molar-refractivity contribution is 6.34. The van der Waals surface area contributed by atoms with E-state index in [0.29, 0.717) is 28.5 Å². The van der Waals surface area contributed by atoms with E-state index in [1.54, 1.807) is 6.07 Å². The number of aliphatic hydroxyl groups is 2. The van der Waals surface area contributed by atoms with Crippen molar-refractivity contribution in [1.29, 1.82) is 0 Å². The zero-order valence-corrected chi connectivity index (χ0v) is 12.4. The number of nitrogens with one attached hydrogen (secondary N) is 1. The van der Waals surface area contributed by atoms with E-state index >= 15 is 0 Å². The Morgan fingerprint density at radius 3 is 2.25 bits per heavy atom. The second-order valence-corrected chi connectivity index (χ2v) is 5.99. The number of hydrogen-bond acceptors (Lipinski definition) is 3. The van der Waals surface area contributed by atoms with Crippen LogP contribution >= 0.6 is 23.2 Å². The minimum absolute atomic E-state index is 0.00444. The fourth-order valence-corrected chi connectivity index (χ4v) is 2.93. The topological polar surface area (TPSA) is 69.6 Å². The molecule has 110 valence electrons. The molecule has 1 fully saturated rings. The summed E-state index contributed by atoms with van der Waals surface area (Å²) in [5.41, 5.74) is 0.371. The first kappa shape index (κ1) is 15.6. The molecular weight excluding hydrogens is 301 g/mol. The predicted molar refractivity (Wildman–Crippen MR) is 77.8 cm³/mol. The number of carbonyl (C=O) groups is 1. The van der Waals surface area contributed by atoms with Crippen molar-refractivity contribution >= 4 is 29.1 Å². The van der Waals surface area contributed by atoms with Gasteiger partial charge in [0.2, 0.25) is 0 Å². The molecule has 0 bridgehead atoms. The molecule has 6 heteroatoms. The second kappa shape index (κ2) is 6.76. The lowest BCUT2D eigenvalue weighted by Gasteiger charge is -2.27. The van der Waals surface area contributed by atoms with Crippen molar-refractivity contribution in [3.8, 4) is 0 Å². The van der Waals surface area contributed by atoms with Gasteiger partial charge in [0, 0.05) is 16.1 Å². The summed E-state index contributed by atoms with van der Waals surface area (Å²) in [4.78, 5) is 12.0. The molecule has 0 spiro atoms. The van der Waals surface area contributed by atoms with E-state index < -0.39 is 12.0 Å². The Morgan fingerprint density at radius 2 is 1.70 bits per heavy atom. The molecule has 1 aliphatic rings. The lowest BCUT2D eigenvalue weighted by Crippen LogP contribution is -2.41. The smallest absolute Gasteiger partial charge is 0.253 e. The normalized spacial score (nSPS) is 24.2. The molecule has 0 heterocycles. The lowest BCUT2D eigenvalue weighted by atomic mass is 9.93. The molecule has 1 aliphatic carbocycles.